The molecule has 0 fully saturated rings. The van der Waals surface area contributed by atoms with Gasteiger partial charge in [-0.2, -0.15) is 5.10 Å². The molecule has 0 atom stereocenters. The van der Waals surface area contributed by atoms with Gasteiger partial charge in [-0.25, -0.2) is 4.52 Å². The Hall–Kier alpha value is -2.18. The van der Waals surface area contributed by atoms with E-state index in [9.17, 15) is 0 Å². The predicted molar refractivity (Wildman–Crippen MR) is 52.8 cm³/mol. The van der Waals surface area contributed by atoms with Crippen LogP contribution in [0, 0.1) is 13.8 Å². The molecule has 0 aliphatic rings. The fraction of sp³-hybridized carbons (Fsp3) is 0.250. The topological polar surface area (TPSA) is 102 Å². The maximum absolute atomic E-state index is 8.56. The SMILES string of the molecule is Cc1cc2nnc(/C(N)=N\O)c(C)n2n1. The van der Waals surface area contributed by atoms with E-state index in [2.05, 4.69) is 20.5 Å². The second-order valence-electron chi connectivity index (χ2n) is 3.17. The number of oxime groups is 1. The van der Waals surface area contributed by atoms with Gasteiger partial charge in [0.25, 0.3) is 0 Å². The highest BCUT2D eigenvalue weighted by atomic mass is 16.4. The molecule has 0 bridgehead atoms. The van der Waals surface area contributed by atoms with E-state index in [1.165, 1.54) is 0 Å². The minimum Gasteiger partial charge on any atom is -0.409 e. The van der Waals surface area contributed by atoms with Crippen LogP contribution in [0.5, 0.6) is 0 Å². The molecular weight excluding hydrogens is 196 g/mol. The first-order chi connectivity index (χ1) is 7.13. The van der Waals surface area contributed by atoms with Gasteiger partial charge in [0.1, 0.15) is 0 Å². The number of aryl methyl sites for hydroxylation is 2. The highest BCUT2D eigenvalue weighted by Crippen LogP contribution is 2.07. The van der Waals surface area contributed by atoms with Crippen LogP contribution < -0.4 is 5.73 Å². The molecule has 2 aromatic rings. The molecule has 0 aliphatic carbocycles. The average molecular weight is 206 g/mol. The predicted octanol–water partition coefficient (Wildman–Crippen LogP) is -0.164. The first-order valence-corrected chi connectivity index (χ1v) is 4.31. The molecule has 0 amide bonds. The molecule has 2 rings (SSSR count). The summed E-state index contributed by atoms with van der Waals surface area (Å²) in [5.74, 6) is -0.0740. The summed E-state index contributed by atoms with van der Waals surface area (Å²) in [4.78, 5) is 0. The van der Waals surface area contributed by atoms with Crippen LogP contribution in [0.3, 0.4) is 0 Å². The van der Waals surface area contributed by atoms with E-state index in [1.54, 1.807) is 17.5 Å². The standard InChI is InChI=1S/C8H10N6O/c1-4-3-6-10-11-7(8(9)13-15)5(2)14(6)12-4/h3,15H,1-2H3,(H2,9,13). The monoisotopic (exact) mass is 206 g/mol. The Morgan fingerprint density at radius 3 is 2.87 bits per heavy atom. The van der Waals surface area contributed by atoms with E-state index >= 15 is 0 Å². The molecule has 2 aromatic heterocycles. The van der Waals surface area contributed by atoms with Gasteiger partial charge in [0.2, 0.25) is 0 Å². The number of fused-ring (bicyclic) bond motifs is 1. The van der Waals surface area contributed by atoms with Crippen molar-refractivity contribution in [2.75, 3.05) is 0 Å². The number of hydrogen-bond donors (Lipinski definition) is 2. The lowest BCUT2D eigenvalue weighted by atomic mass is 10.3. The summed E-state index contributed by atoms with van der Waals surface area (Å²) in [6, 6.07) is 1.80. The van der Waals surface area contributed by atoms with Crippen molar-refractivity contribution in [2.45, 2.75) is 13.8 Å². The molecule has 15 heavy (non-hydrogen) atoms. The van der Waals surface area contributed by atoms with Crippen LogP contribution in [0.4, 0.5) is 0 Å². The van der Waals surface area contributed by atoms with Gasteiger partial charge in [-0.1, -0.05) is 5.16 Å². The normalized spacial score (nSPS) is 12.3. The first kappa shape index (κ1) is 9.38. The van der Waals surface area contributed by atoms with Crippen LogP contribution in [-0.4, -0.2) is 30.9 Å². The molecule has 2 heterocycles. The number of hydrogen-bond acceptors (Lipinski definition) is 5. The zero-order valence-electron chi connectivity index (χ0n) is 8.34. The van der Waals surface area contributed by atoms with E-state index in [4.69, 9.17) is 10.9 Å². The van der Waals surface area contributed by atoms with Crippen LogP contribution >= 0.6 is 0 Å². The lowest BCUT2D eigenvalue weighted by Crippen LogP contribution is -2.19. The van der Waals surface area contributed by atoms with Crippen LogP contribution in [0.2, 0.25) is 0 Å². The minimum absolute atomic E-state index is 0.0740. The Kier molecular flexibility index (Phi) is 2.00. The van der Waals surface area contributed by atoms with Gasteiger partial charge in [-0.3, -0.25) is 0 Å². The molecule has 0 spiro atoms. The molecule has 78 valence electrons. The number of nitrogens with zero attached hydrogens (tertiary/aromatic N) is 5. The lowest BCUT2D eigenvalue weighted by Gasteiger charge is -2.02. The molecule has 0 unspecified atom stereocenters. The summed E-state index contributed by atoms with van der Waals surface area (Å²) in [5, 5.41) is 23.4. The number of aromatic nitrogens is 4. The first-order valence-electron chi connectivity index (χ1n) is 4.31. The van der Waals surface area contributed by atoms with E-state index in [1.807, 2.05) is 6.92 Å². The number of amidine groups is 1. The summed E-state index contributed by atoms with van der Waals surface area (Å²) >= 11 is 0. The zero-order valence-corrected chi connectivity index (χ0v) is 8.34. The van der Waals surface area contributed by atoms with Crippen LogP contribution in [0.15, 0.2) is 11.2 Å². The van der Waals surface area contributed by atoms with Gasteiger partial charge in [0, 0.05) is 6.07 Å². The zero-order chi connectivity index (χ0) is 11.0. The molecule has 3 N–H and O–H groups in total. The highest BCUT2D eigenvalue weighted by Gasteiger charge is 2.11. The van der Waals surface area contributed by atoms with Gasteiger partial charge in [-0.05, 0) is 13.8 Å². The Morgan fingerprint density at radius 2 is 2.20 bits per heavy atom. The molecule has 0 saturated heterocycles. The van der Waals surface area contributed by atoms with Crippen molar-refractivity contribution < 1.29 is 5.21 Å². The molecule has 0 saturated carbocycles. The Bertz CT molecular complexity index is 543. The Morgan fingerprint density at radius 1 is 1.47 bits per heavy atom. The largest absolute Gasteiger partial charge is 0.409 e. The third kappa shape index (κ3) is 1.37. The molecule has 0 aromatic carbocycles. The van der Waals surface area contributed by atoms with Crippen molar-refractivity contribution in [3.63, 3.8) is 0 Å². The molecule has 0 radical (unpaired) electrons. The Balaban J connectivity index is 2.75. The van der Waals surface area contributed by atoms with Gasteiger partial charge < -0.3 is 10.9 Å². The van der Waals surface area contributed by atoms with Crippen molar-refractivity contribution >= 4 is 11.5 Å². The van der Waals surface area contributed by atoms with E-state index in [0.717, 1.165) is 5.69 Å². The molecule has 7 nitrogen and oxygen atoms in total. The summed E-state index contributed by atoms with van der Waals surface area (Å²) in [5.41, 5.74) is 7.94. The van der Waals surface area contributed by atoms with Crippen molar-refractivity contribution in [2.24, 2.45) is 10.9 Å². The van der Waals surface area contributed by atoms with Crippen molar-refractivity contribution in [3.8, 4) is 0 Å². The second kappa shape index (κ2) is 3.19. The van der Waals surface area contributed by atoms with E-state index < -0.39 is 0 Å². The van der Waals surface area contributed by atoms with Crippen LogP contribution in [0.25, 0.3) is 5.65 Å². The van der Waals surface area contributed by atoms with Crippen molar-refractivity contribution in [1.29, 1.82) is 0 Å². The molecule has 0 aliphatic heterocycles. The highest BCUT2D eigenvalue weighted by molar-refractivity contribution is 5.96. The summed E-state index contributed by atoms with van der Waals surface area (Å²) in [6.07, 6.45) is 0. The molecular formula is C8H10N6O. The van der Waals surface area contributed by atoms with E-state index in [-0.39, 0.29) is 5.84 Å². The third-order valence-electron chi connectivity index (χ3n) is 2.08. The second-order valence-corrected chi connectivity index (χ2v) is 3.17. The Labute approximate surface area is 85.2 Å². The quantitative estimate of drug-likeness (QED) is 0.292. The smallest absolute Gasteiger partial charge is 0.192 e. The maximum atomic E-state index is 8.56. The fourth-order valence-electron chi connectivity index (χ4n) is 1.36. The number of rotatable bonds is 1. The van der Waals surface area contributed by atoms with Gasteiger partial charge in [-0.15, -0.1) is 10.2 Å². The minimum atomic E-state index is -0.0740. The maximum Gasteiger partial charge on any atom is 0.192 e. The summed E-state index contributed by atoms with van der Waals surface area (Å²) < 4.78 is 1.61. The van der Waals surface area contributed by atoms with Crippen LogP contribution in [-0.2, 0) is 0 Å². The van der Waals surface area contributed by atoms with Gasteiger partial charge >= 0.3 is 0 Å². The summed E-state index contributed by atoms with van der Waals surface area (Å²) in [7, 11) is 0. The van der Waals surface area contributed by atoms with Crippen molar-refractivity contribution in [1.82, 2.24) is 19.8 Å². The number of nitrogens with two attached hydrogens (primary N) is 1. The average Bonchev–Trinajstić information content (AvgIpc) is 2.59. The molecule has 7 heteroatoms. The lowest BCUT2D eigenvalue weighted by molar-refractivity contribution is 0.318. The fourth-order valence-corrected chi connectivity index (χ4v) is 1.36. The third-order valence-corrected chi connectivity index (χ3v) is 2.08. The van der Waals surface area contributed by atoms with Gasteiger partial charge in [0.05, 0.1) is 11.4 Å². The van der Waals surface area contributed by atoms with Crippen LogP contribution in [0.1, 0.15) is 17.1 Å². The van der Waals surface area contributed by atoms with Gasteiger partial charge in [0.15, 0.2) is 17.2 Å². The van der Waals surface area contributed by atoms with E-state index in [0.29, 0.717) is 17.0 Å². The summed E-state index contributed by atoms with van der Waals surface area (Å²) in [6.45, 7) is 3.64. The van der Waals surface area contributed by atoms with Crippen molar-refractivity contribution in [3.05, 3.63) is 23.1 Å².